The third kappa shape index (κ3) is 2.89. The summed E-state index contributed by atoms with van der Waals surface area (Å²) in [4.78, 5) is 3.70. The molecule has 0 aliphatic rings. The van der Waals surface area contributed by atoms with Crippen molar-refractivity contribution in [3.63, 3.8) is 0 Å². The lowest BCUT2D eigenvalue weighted by atomic mass is 10.3. The molecule has 0 radical (unpaired) electrons. The van der Waals surface area contributed by atoms with E-state index in [9.17, 15) is 13.2 Å². The molecular formula is C8H10F3N3O2. The van der Waals surface area contributed by atoms with Crippen molar-refractivity contribution < 1.29 is 22.6 Å². The van der Waals surface area contributed by atoms with Gasteiger partial charge in [-0.15, -0.1) is 13.2 Å². The first-order valence-electron chi connectivity index (χ1n) is 4.16. The molecular weight excluding hydrogens is 227 g/mol. The zero-order chi connectivity index (χ0) is 12.3. The van der Waals surface area contributed by atoms with Gasteiger partial charge in [-0.2, -0.15) is 0 Å². The van der Waals surface area contributed by atoms with Gasteiger partial charge in [-0.3, -0.25) is 0 Å². The van der Waals surface area contributed by atoms with Crippen molar-refractivity contribution in [2.24, 2.45) is 5.73 Å². The number of nitrogens with two attached hydrogens (primary N) is 2. The monoisotopic (exact) mass is 237 g/mol. The first-order chi connectivity index (χ1) is 7.37. The van der Waals surface area contributed by atoms with Gasteiger partial charge < -0.3 is 20.9 Å². The molecule has 5 nitrogen and oxygen atoms in total. The van der Waals surface area contributed by atoms with E-state index in [1.54, 1.807) is 0 Å². The molecule has 0 bridgehead atoms. The zero-order valence-corrected chi connectivity index (χ0v) is 8.34. The Labute approximate surface area is 89.1 Å². The van der Waals surface area contributed by atoms with Crippen molar-refractivity contribution in [2.45, 2.75) is 12.9 Å². The maximum atomic E-state index is 12.0. The van der Waals surface area contributed by atoms with Crippen LogP contribution in [0.3, 0.4) is 0 Å². The van der Waals surface area contributed by atoms with E-state index >= 15 is 0 Å². The number of hydrogen-bond donors (Lipinski definition) is 2. The molecule has 0 fully saturated rings. The number of hydrogen-bond acceptors (Lipinski definition) is 5. The highest BCUT2D eigenvalue weighted by molar-refractivity contribution is 5.57. The Balaban J connectivity index is 3.16. The van der Waals surface area contributed by atoms with Gasteiger partial charge in [0.05, 0.1) is 12.8 Å². The lowest BCUT2D eigenvalue weighted by Gasteiger charge is -2.14. The summed E-state index contributed by atoms with van der Waals surface area (Å²) in [5.41, 5.74) is 10.3. The van der Waals surface area contributed by atoms with Gasteiger partial charge in [0.2, 0.25) is 5.88 Å². The Morgan fingerprint density at radius 2 is 2.06 bits per heavy atom. The smallest absolute Gasteiger partial charge is 0.481 e. The normalized spacial score (nSPS) is 11.3. The minimum Gasteiger partial charge on any atom is -0.481 e. The SMILES string of the molecule is COc1cc(N)c(OC(F)(F)F)c(CN)n1. The van der Waals surface area contributed by atoms with Gasteiger partial charge in [0.1, 0.15) is 5.69 Å². The third-order valence-electron chi connectivity index (χ3n) is 1.67. The highest BCUT2D eigenvalue weighted by atomic mass is 19.4. The van der Waals surface area contributed by atoms with Crippen LogP contribution in [-0.4, -0.2) is 18.5 Å². The molecule has 0 unspecified atom stereocenters. The average Bonchev–Trinajstić information content (AvgIpc) is 2.19. The van der Waals surface area contributed by atoms with Crippen molar-refractivity contribution in [2.75, 3.05) is 12.8 Å². The van der Waals surface area contributed by atoms with E-state index in [2.05, 4.69) is 9.72 Å². The molecule has 0 aromatic carbocycles. The van der Waals surface area contributed by atoms with Crippen LogP contribution in [0.4, 0.5) is 18.9 Å². The van der Waals surface area contributed by atoms with Gasteiger partial charge >= 0.3 is 6.36 Å². The molecule has 1 aromatic heterocycles. The van der Waals surface area contributed by atoms with E-state index in [-0.39, 0.29) is 23.8 Å². The number of nitrogens with zero attached hydrogens (tertiary/aromatic N) is 1. The lowest BCUT2D eigenvalue weighted by molar-refractivity contribution is -0.274. The molecule has 0 aliphatic heterocycles. The van der Waals surface area contributed by atoms with E-state index in [1.165, 1.54) is 7.11 Å². The van der Waals surface area contributed by atoms with Gasteiger partial charge in [0.25, 0.3) is 0 Å². The quantitative estimate of drug-likeness (QED) is 0.820. The van der Waals surface area contributed by atoms with Crippen LogP contribution in [0.5, 0.6) is 11.6 Å². The van der Waals surface area contributed by atoms with E-state index in [0.29, 0.717) is 0 Å². The number of alkyl halides is 3. The minimum atomic E-state index is -4.84. The Kier molecular flexibility index (Phi) is 3.43. The van der Waals surface area contributed by atoms with E-state index < -0.39 is 12.1 Å². The Bertz CT molecular complexity index is 382. The molecule has 1 aromatic rings. The molecule has 0 saturated heterocycles. The van der Waals surface area contributed by atoms with Crippen molar-refractivity contribution in [3.05, 3.63) is 11.8 Å². The number of rotatable bonds is 3. The second kappa shape index (κ2) is 4.44. The van der Waals surface area contributed by atoms with Crippen LogP contribution in [0.25, 0.3) is 0 Å². The van der Waals surface area contributed by atoms with Crippen LogP contribution in [-0.2, 0) is 6.54 Å². The molecule has 0 saturated carbocycles. The molecule has 0 aliphatic carbocycles. The molecule has 4 N–H and O–H groups in total. The van der Waals surface area contributed by atoms with E-state index in [4.69, 9.17) is 16.2 Å². The Morgan fingerprint density at radius 1 is 1.44 bits per heavy atom. The standard InChI is InChI=1S/C8H10F3N3O2/c1-15-6-2-4(13)7(5(3-12)14-6)16-8(9,10)11/h2H,3,12H2,1H3,(H2,13,14). The van der Waals surface area contributed by atoms with Gasteiger partial charge in [-0.25, -0.2) is 4.98 Å². The summed E-state index contributed by atoms with van der Waals surface area (Å²) in [6.07, 6.45) is -4.84. The van der Waals surface area contributed by atoms with Gasteiger partial charge in [-0.1, -0.05) is 0 Å². The molecule has 1 heterocycles. The number of ether oxygens (including phenoxy) is 2. The maximum Gasteiger partial charge on any atom is 0.573 e. The molecule has 0 spiro atoms. The second-order valence-corrected chi connectivity index (χ2v) is 2.78. The van der Waals surface area contributed by atoms with Crippen LogP contribution in [0.15, 0.2) is 6.07 Å². The summed E-state index contributed by atoms with van der Waals surface area (Å²) in [7, 11) is 1.31. The maximum absolute atomic E-state index is 12.0. The average molecular weight is 237 g/mol. The first-order valence-corrected chi connectivity index (χ1v) is 4.16. The highest BCUT2D eigenvalue weighted by Gasteiger charge is 2.33. The second-order valence-electron chi connectivity index (χ2n) is 2.78. The van der Waals surface area contributed by atoms with E-state index in [0.717, 1.165) is 6.07 Å². The third-order valence-corrected chi connectivity index (χ3v) is 1.67. The lowest BCUT2D eigenvalue weighted by Crippen LogP contribution is -2.20. The number of aromatic nitrogens is 1. The summed E-state index contributed by atoms with van der Waals surface area (Å²) in [5, 5.41) is 0. The number of halogens is 3. The fraction of sp³-hybridized carbons (Fsp3) is 0.375. The molecule has 90 valence electrons. The van der Waals surface area contributed by atoms with Crippen LogP contribution in [0.2, 0.25) is 0 Å². The minimum absolute atomic E-state index is 0.0764. The first kappa shape index (κ1) is 12.4. The number of nitrogen functional groups attached to an aromatic ring is 1. The van der Waals surface area contributed by atoms with Gasteiger partial charge in [0, 0.05) is 12.6 Å². The van der Waals surface area contributed by atoms with Crippen molar-refractivity contribution in [3.8, 4) is 11.6 Å². The molecule has 8 heteroatoms. The van der Waals surface area contributed by atoms with Crippen LogP contribution >= 0.6 is 0 Å². The topological polar surface area (TPSA) is 83.4 Å². The predicted octanol–water partition coefficient (Wildman–Crippen LogP) is 1.03. The van der Waals surface area contributed by atoms with Crippen LogP contribution in [0.1, 0.15) is 5.69 Å². The largest absolute Gasteiger partial charge is 0.573 e. The highest BCUT2D eigenvalue weighted by Crippen LogP contribution is 2.33. The summed E-state index contributed by atoms with van der Waals surface area (Å²) in [5.74, 6) is -0.511. The van der Waals surface area contributed by atoms with Crippen molar-refractivity contribution in [1.29, 1.82) is 0 Å². The predicted molar refractivity (Wildman–Crippen MR) is 49.8 cm³/mol. The summed E-state index contributed by atoms with van der Waals surface area (Å²) < 4.78 is 44.6. The number of pyridine rings is 1. The Hall–Kier alpha value is -1.70. The van der Waals surface area contributed by atoms with Crippen LogP contribution in [0, 0.1) is 0 Å². The summed E-state index contributed by atoms with van der Waals surface area (Å²) in [6, 6.07) is 1.13. The van der Waals surface area contributed by atoms with Gasteiger partial charge in [0.15, 0.2) is 5.75 Å². The summed E-state index contributed by atoms with van der Waals surface area (Å²) in [6.45, 7) is -0.243. The fourth-order valence-electron chi connectivity index (χ4n) is 1.06. The molecule has 0 atom stereocenters. The Morgan fingerprint density at radius 3 is 2.50 bits per heavy atom. The number of anilines is 1. The zero-order valence-electron chi connectivity index (χ0n) is 8.34. The molecule has 1 rings (SSSR count). The van der Waals surface area contributed by atoms with E-state index in [1.807, 2.05) is 0 Å². The van der Waals surface area contributed by atoms with Gasteiger partial charge in [-0.05, 0) is 0 Å². The van der Waals surface area contributed by atoms with Crippen LogP contribution < -0.4 is 20.9 Å². The fourth-order valence-corrected chi connectivity index (χ4v) is 1.06. The number of methoxy groups -OCH3 is 1. The van der Waals surface area contributed by atoms with Crippen molar-refractivity contribution >= 4 is 5.69 Å². The summed E-state index contributed by atoms with van der Waals surface area (Å²) >= 11 is 0. The molecule has 0 amide bonds. The van der Waals surface area contributed by atoms with Crippen molar-refractivity contribution in [1.82, 2.24) is 4.98 Å². The molecule has 16 heavy (non-hydrogen) atoms.